The van der Waals surface area contributed by atoms with E-state index in [0.717, 1.165) is 32.5 Å². The summed E-state index contributed by atoms with van der Waals surface area (Å²) in [5.74, 6) is 1.03. The number of nitrogens with zero attached hydrogens (tertiary/aromatic N) is 2. The molecule has 5 heteroatoms. The number of aryl methyl sites for hydroxylation is 1. The van der Waals surface area contributed by atoms with Gasteiger partial charge in [-0.1, -0.05) is 42.5 Å². The van der Waals surface area contributed by atoms with Crippen molar-refractivity contribution < 1.29 is 9.53 Å². The fourth-order valence-corrected chi connectivity index (χ4v) is 4.23. The van der Waals surface area contributed by atoms with Gasteiger partial charge in [0.15, 0.2) is 5.82 Å². The summed E-state index contributed by atoms with van der Waals surface area (Å²) in [7, 11) is 1.98. The van der Waals surface area contributed by atoms with Crippen LogP contribution in [0.4, 0.5) is 0 Å². The Hall–Kier alpha value is -3.44. The number of hydrogen-bond donors (Lipinski definition) is 0. The highest BCUT2D eigenvalue weighted by molar-refractivity contribution is 7.17. The Bertz CT molecular complexity index is 1330. The number of fused-ring (bicyclic) bond motifs is 2. The van der Waals surface area contributed by atoms with Crippen LogP contribution in [0.15, 0.2) is 78.9 Å². The van der Waals surface area contributed by atoms with Crippen LogP contribution in [-0.2, 0) is 7.05 Å². The molecule has 0 atom stereocenters. The van der Waals surface area contributed by atoms with Gasteiger partial charge in [0, 0.05) is 7.05 Å². The van der Waals surface area contributed by atoms with Crippen LogP contribution in [0.3, 0.4) is 0 Å². The molecule has 0 radical (unpaired) electrons. The van der Waals surface area contributed by atoms with E-state index < -0.39 is 0 Å². The average molecular weight is 384 g/mol. The van der Waals surface area contributed by atoms with E-state index in [1.807, 2.05) is 84.4 Å². The molecule has 0 aliphatic rings. The molecule has 0 bridgehead atoms. The summed E-state index contributed by atoms with van der Waals surface area (Å²) in [5.41, 5.74) is 2.00. The number of imidazole rings is 1. The highest BCUT2D eigenvalue weighted by Crippen LogP contribution is 2.30. The molecular formula is C23H16N2O2S. The van der Waals surface area contributed by atoms with Gasteiger partial charge in [-0.15, -0.1) is 11.3 Å². The normalized spacial score (nSPS) is 11.2. The third-order valence-corrected chi connectivity index (χ3v) is 5.81. The van der Waals surface area contributed by atoms with Gasteiger partial charge in [0.1, 0.15) is 10.6 Å². The first-order valence-corrected chi connectivity index (χ1v) is 9.73. The van der Waals surface area contributed by atoms with Gasteiger partial charge in [0.2, 0.25) is 0 Å². The number of rotatable bonds is 3. The Morgan fingerprint density at radius 1 is 0.929 bits per heavy atom. The van der Waals surface area contributed by atoms with E-state index in [0.29, 0.717) is 10.6 Å². The Labute approximate surface area is 165 Å². The van der Waals surface area contributed by atoms with Crippen molar-refractivity contribution in [2.75, 3.05) is 0 Å². The van der Waals surface area contributed by atoms with Crippen molar-refractivity contribution in [2.45, 2.75) is 0 Å². The molecule has 0 aliphatic carbocycles. The third-order valence-electron chi connectivity index (χ3n) is 4.75. The van der Waals surface area contributed by atoms with Crippen LogP contribution in [0.5, 0.6) is 5.75 Å². The Kier molecular flexibility index (Phi) is 3.95. The number of para-hydroxylation sites is 2. The zero-order valence-corrected chi connectivity index (χ0v) is 15.9. The van der Waals surface area contributed by atoms with E-state index in [4.69, 9.17) is 9.72 Å². The summed E-state index contributed by atoms with van der Waals surface area (Å²) in [5, 5.41) is 2.15. The lowest BCUT2D eigenvalue weighted by Gasteiger charge is -2.04. The van der Waals surface area contributed by atoms with E-state index in [1.54, 1.807) is 6.07 Å². The van der Waals surface area contributed by atoms with E-state index >= 15 is 0 Å². The van der Waals surface area contributed by atoms with Gasteiger partial charge in [0.25, 0.3) is 0 Å². The molecule has 5 rings (SSSR count). The summed E-state index contributed by atoms with van der Waals surface area (Å²) < 4.78 is 7.63. The molecule has 0 unspecified atom stereocenters. The maximum absolute atomic E-state index is 12.6. The molecule has 0 saturated carbocycles. The Morgan fingerprint density at radius 3 is 2.57 bits per heavy atom. The Balaban J connectivity index is 1.43. The smallest absolute Gasteiger partial charge is 0.353 e. The van der Waals surface area contributed by atoms with Crippen molar-refractivity contribution in [3.8, 4) is 16.5 Å². The Morgan fingerprint density at radius 2 is 1.71 bits per heavy atom. The molecule has 5 aromatic rings. The van der Waals surface area contributed by atoms with Crippen LogP contribution in [-0.4, -0.2) is 15.5 Å². The number of carbonyl (C=O) groups excluding carboxylic acids is 1. The molecule has 2 heterocycles. The van der Waals surface area contributed by atoms with Gasteiger partial charge in [-0.2, -0.15) is 0 Å². The van der Waals surface area contributed by atoms with Crippen LogP contribution in [0.1, 0.15) is 9.67 Å². The van der Waals surface area contributed by atoms with Crippen molar-refractivity contribution in [2.24, 2.45) is 7.05 Å². The van der Waals surface area contributed by atoms with Gasteiger partial charge in [-0.3, -0.25) is 0 Å². The predicted octanol–water partition coefficient (Wildman–Crippen LogP) is 5.67. The fraction of sp³-hybridized carbons (Fsp3) is 0.0435. The third kappa shape index (κ3) is 2.86. The molecule has 4 nitrogen and oxygen atoms in total. The number of aromatic nitrogens is 2. The average Bonchev–Trinajstić information content (AvgIpc) is 3.33. The first-order valence-electron chi connectivity index (χ1n) is 8.92. The lowest BCUT2D eigenvalue weighted by Crippen LogP contribution is -2.06. The van der Waals surface area contributed by atoms with Gasteiger partial charge in [-0.05, 0) is 47.2 Å². The van der Waals surface area contributed by atoms with Crippen molar-refractivity contribution in [3.63, 3.8) is 0 Å². The first-order chi connectivity index (χ1) is 13.7. The summed E-state index contributed by atoms with van der Waals surface area (Å²) >= 11 is 1.39. The standard InChI is InChI=1S/C23H16N2O2S/c1-25-19-9-5-4-8-18(19)24-22(25)20-12-13-21(28-20)23(26)27-17-11-10-15-6-2-3-7-16(15)14-17/h2-14H,1H3. The highest BCUT2D eigenvalue weighted by Gasteiger charge is 2.16. The summed E-state index contributed by atoms with van der Waals surface area (Å²) in [4.78, 5) is 18.8. The van der Waals surface area contributed by atoms with Gasteiger partial charge < -0.3 is 9.30 Å². The molecule has 28 heavy (non-hydrogen) atoms. The molecule has 0 N–H and O–H groups in total. The van der Waals surface area contributed by atoms with Crippen molar-refractivity contribution in [1.82, 2.24) is 9.55 Å². The topological polar surface area (TPSA) is 44.1 Å². The van der Waals surface area contributed by atoms with E-state index in [1.165, 1.54) is 11.3 Å². The number of carbonyl (C=O) groups is 1. The molecule has 136 valence electrons. The molecule has 0 saturated heterocycles. The van der Waals surface area contributed by atoms with Crippen LogP contribution in [0, 0.1) is 0 Å². The largest absolute Gasteiger partial charge is 0.422 e. The maximum Gasteiger partial charge on any atom is 0.353 e. The minimum absolute atomic E-state index is 0.356. The zero-order valence-electron chi connectivity index (χ0n) is 15.1. The number of ether oxygens (including phenoxy) is 1. The van der Waals surface area contributed by atoms with Crippen LogP contribution < -0.4 is 4.74 Å². The van der Waals surface area contributed by atoms with Crippen molar-refractivity contribution in [3.05, 3.63) is 83.7 Å². The van der Waals surface area contributed by atoms with Crippen molar-refractivity contribution in [1.29, 1.82) is 0 Å². The first kappa shape index (κ1) is 16.7. The summed E-state index contributed by atoms with van der Waals surface area (Å²) in [6, 6.07) is 25.4. The quantitative estimate of drug-likeness (QED) is 0.297. The maximum atomic E-state index is 12.6. The van der Waals surface area contributed by atoms with Gasteiger partial charge in [0.05, 0.1) is 15.9 Å². The monoisotopic (exact) mass is 384 g/mol. The van der Waals surface area contributed by atoms with Crippen LogP contribution in [0.25, 0.3) is 32.5 Å². The summed E-state index contributed by atoms with van der Waals surface area (Å²) in [6.45, 7) is 0. The predicted molar refractivity (Wildman–Crippen MR) is 113 cm³/mol. The second-order valence-electron chi connectivity index (χ2n) is 6.55. The molecule has 0 fully saturated rings. The second-order valence-corrected chi connectivity index (χ2v) is 7.63. The molecule has 3 aromatic carbocycles. The highest BCUT2D eigenvalue weighted by atomic mass is 32.1. The SMILES string of the molecule is Cn1c(-c2ccc(C(=O)Oc3ccc4ccccc4c3)s2)nc2ccccc21. The van der Waals surface area contributed by atoms with Crippen molar-refractivity contribution >= 4 is 39.1 Å². The number of benzene rings is 3. The minimum atomic E-state index is -0.356. The molecule has 0 spiro atoms. The number of esters is 1. The van der Waals surface area contributed by atoms with E-state index in [2.05, 4.69) is 0 Å². The minimum Gasteiger partial charge on any atom is -0.422 e. The van der Waals surface area contributed by atoms with Gasteiger partial charge >= 0.3 is 5.97 Å². The molecule has 0 aliphatic heterocycles. The number of thiophene rings is 1. The lowest BCUT2D eigenvalue weighted by atomic mass is 10.1. The number of hydrogen-bond acceptors (Lipinski definition) is 4. The second kappa shape index (κ2) is 6.62. The van der Waals surface area contributed by atoms with Crippen LogP contribution >= 0.6 is 11.3 Å². The lowest BCUT2D eigenvalue weighted by molar-refractivity contribution is 0.0740. The van der Waals surface area contributed by atoms with E-state index in [-0.39, 0.29) is 5.97 Å². The molecular weight excluding hydrogens is 368 g/mol. The molecule has 2 aromatic heterocycles. The fourth-order valence-electron chi connectivity index (χ4n) is 3.32. The zero-order chi connectivity index (χ0) is 19.1. The van der Waals surface area contributed by atoms with Gasteiger partial charge in [-0.25, -0.2) is 9.78 Å². The van der Waals surface area contributed by atoms with E-state index in [9.17, 15) is 4.79 Å². The molecule has 0 amide bonds. The summed E-state index contributed by atoms with van der Waals surface area (Å²) in [6.07, 6.45) is 0. The van der Waals surface area contributed by atoms with Crippen LogP contribution in [0.2, 0.25) is 0 Å².